The molecule has 0 saturated carbocycles. The molecule has 1 aromatic heterocycles. The monoisotopic (exact) mass is 285 g/mol. The second kappa shape index (κ2) is 4.69. The summed E-state index contributed by atoms with van der Waals surface area (Å²) in [6.07, 6.45) is -4.14. The van der Waals surface area contributed by atoms with Crippen molar-refractivity contribution < 1.29 is 22.6 Å². The number of hydrogen-bond acceptors (Lipinski definition) is 4. The van der Waals surface area contributed by atoms with Gasteiger partial charge >= 0.3 is 6.18 Å². The van der Waals surface area contributed by atoms with E-state index in [-0.39, 0.29) is 19.0 Å². The van der Waals surface area contributed by atoms with E-state index in [9.17, 15) is 13.2 Å². The molecule has 2 heterocycles. The van der Waals surface area contributed by atoms with Crippen LogP contribution in [-0.2, 0) is 6.42 Å². The van der Waals surface area contributed by atoms with Gasteiger partial charge in [0, 0.05) is 12.5 Å². The number of halogens is 3. The van der Waals surface area contributed by atoms with Crippen molar-refractivity contribution in [3.63, 3.8) is 0 Å². The third-order valence-corrected chi connectivity index (χ3v) is 2.85. The van der Waals surface area contributed by atoms with Crippen molar-refractivity contribution in [3.8, 4) is 17.2 Å². The number of benzene rings is 1. The fourth-order valence-corrected chi connectivity index (χ4v) is 1.92. The van der Waals surface area contributed by atoms with E-state index in [1.54, 1.807) is 18.2 Å². The number of fused-ring (bicyclic) bond motifs is 1. The highest BCUT2D eigenvalue weighted by Crippen LogP contribution is 2.33. The van der Waals surface area contributed by atoms with Crippen LogP contribution in [0.3, 0.4) is 0 Å². The van der Waals surface area contributed by atoms with Crippen LogP contribution in [0.1, 0.15) is 12.2 Å². The molecule has 3 rings (SSSR count). The van der Waals surface area contributed by atoms with Gasteiger partial charge in [-0.1, -0.05) is 0 Å². The van der Waals surface area contributed by atoms with E-state index >= 15 is 0 Å². The number of alkyl halides is 3. The molecular formula is C12H10F3N3O2. The van der Waals surface area contributed by atoms with Crippen molar-refractivity contribution in [2.24, 2.45) is 0 Å². The number of ether oxygens (including phenoxy) is 2. The first kappa shape index (κ1) is 12.8. The Hall–Kier alpha value is -2.25. The molecule has 0 aliphatic carbocycles. The van der Waals surface area contributed by atoms with Gasteiger partial charge < -0.3 is 9.47 Å². The highest BCUT2D eigenvalue weighted by atomic mass is 19.4. The Morgan fingerprint density at radius 3 is 2.80 bits per heavy atom. The quantitative estimate of drug-likeness (QED) is 0.869. The summed E-state index contributed by atoms with van der Waals surface area (Å²) in [5.41, 5.74) is 0.587. The summed E-state index contributed by atoms with van der Waals surface area (Å²) in [5, 5.41) is 3.95. The van der Waals surface area contributed by atoms with Gasteiger partial charge in [0.05, 0.1) is 12.1 Å². The molecule has 106 valence electrons. The molecule has 5 nitrogen and oxygen atoms in total. The minimum Gasteiger partial charge on any atom is -0.454 e. The molecule has 2 aromatic rings. The van der Waals surface area contributed by atoms with Crippen molar-refractivity contribution in [1.82, 2.24) is 14.8 Å². The molecule has 0 N–H and O–H groups in total. The fraction of sp³-hybridized carbons (Fsp3) is 0.333. The number of rotatable bonds is 3. The summed E-state index contributed by atoms with van der Waals surface area (Å²) >= 11 is 0. The van der Waals surface area contributed by atoms with Crippen LogP contribution in [0.4, 0.5) is 13.2 Å². The smallest absolute Gasteiger partial charge is 0.389 e. The third-order valence-electron chi connectivity index (χ3n) is 2.85. The SMILES string of the molecule is FC(F)(F)CCc1ncnn1-c1ccc2c(c1)OCO2. The van der Waals surface area contributed by atoms with E-state index in [0.29, 0.717) is 17.2 Å². The van der Waals surface area contributed by atoms with Crippen molar-refractivity contribution >= 4 is 0 Å². The van der Waals surface area contributed by atoms with E-state index in [0.717, 1.165) is 0 Å². The average Bonchev–Trinajstić information content (AvgIpc) is 3.03. The topological polar surface area (TPSA) is 49.2 Å². The fourth-order valence-electron chi connectivity index (χ4n) is 1.92. The van der Waals surface area contributed by atoms with Crippen LogP contribution < -0.4 is 9.47 Å². The lowest BCUT2D eigenvalue weighted by atomic mass is 10.2. The average molecular weight is 285 g/mol. The second-order valence-corrected chi connectivity index (χ2v) is 4.24. The molecule has 1 aliphatic heterocycles. The summed E-state index contributed by atoms with van der Waals surface area (Å²) in [5.74, 6) is 1.40. The minimum absolute atomic E-state index is 0.136. The Labute approximate surface area is 111 Å². The highest BCUT2D eigenvalue weighted by Gasteiger charge is 2.28. The summed E-state index contributed by atoms with van der Waals surface area (Å²) in [7, 11) is 0. The molecule has 0 amide bonds. The van der Waals surface area contributed by atoms with Crippen LogP contribution in [0.15, 0.2) is 24.5 Å². The molecule has 0 fully saturated rings. The van der Waals surface area contributed by atoms with Crippen LogP contribution in [0, 0.1) is 0 Å². The lowest BCUT2D eigenvalue weighted by Crippen LogP contribution is -2.12. The molecule has 0 atom stereocenters. The normalized spacial score (nSPS) is 13.8. The summed E-state index contributed by atoms with van der Waals surface area (Å²) < 4.78 is 48.6. The lowest BCUT2D eigenvalue weighted by molar-refractivity contribution is -0.134. The Balaban J connectivity index is 1.86. The van der Waals surface area contributed by atoms with Gasteiger partial charge in [-0.05, 0) is 12.1 Å². The first-order chi connectivity index (χ1) is 9.53. The standard InChI is InChI=1S/C12H10F3N3O2/c13-12(14,15)4-3-11-16-6-17-18(11)8-1-2-9-10(5-8)20-7-19-9/h1-2,5-6H,3-4,7H2. The molecule has 0 saturated heterocycles. The number of aryl methyl sites for hydroxylation is 1. The molecule has 20 heavy (non-hydrogen) atoms. The number of hydrogen-bond donors (Lipinski definition) is 0. The van der Waals surface area contributed by atoms with Gasteiger partial charge in [-0.25, -0.2) is 9.67 Å². The molecular weight excluding hydrogens is 275 g/mol. The molecule has 0 spiro atoms. The van der Waals surface area contributed by atoms with Crippen molar-refractivity contribution in [3.05, 3.63) is 30.4 Å². The van der Waals surface area contributed by atoms with Crippen LogP contribution >= 0.6 is 0 Å². The lowest BCUT2D eigenvalue weighted by Gasteiger charge is -2.08. The van der Waals surface area contributed by atoms with Crippen molar-refractivity contribution in [2.45, 2.75) is 19.0 Å². The Bertz CT molecular complexity index is 625. The number of nitrogens with zero attached hydrogens (tertiary/aromatic N) is 3. The predicted octanol–water partition coefficient (Wildman–Crippen LogP) is 2.49. The largest absolute Gasteiger partial charge is 0.454 e. The van der Waals surface area contributed by atoms with Crippen LogP contribution in [0.25, 0.3) is 5.69 Å². The Morgan fingerprint density at radius 2 is 2.00 bits per heavy atom. The second-order valence-electron chi connectivity index (χ2n) is 4.24. The predicted molar refractivity (Wildman–Crippen MR) is 61.9 cm³/mol. The van der Waals surface area contributed by atoms with Crippen LogP contribution in [-0.4, -0.2) is 27.7 Å². The van der Waals surface area contributed by atoms with Crippen molar-refractivity contribution in [1.29, 1.82) is 0 Å². The zero-order chi connectivity index (χ0) is 14.2. The minimum atomic E-state index is -4.22. The van der Waals surface area contributed by atoms with Gasteiger partial charge in [0.1, 0.15) is 12.2 Å². The molecule has 0 unspecified atom stereocenters. The highest BCUT2D eigenvalue weighted by molar-refractivity contribution is 5.49. The zero-order valence-corrected chi connectivity index (χ0v) is 10.2. The number of aromatic nitrogens is 3. The van der Waals surface area contributed by atoms with Gasteiger partial charge in [0.2, 0.25) is 6.79 Å². The maximum Gasteiger partial charge on any atom is 0.389 e. The van der Waals surface area contributed by atoms with Crippen LogP contribution in [0.2, 0.25) is 0 Å². The van der Waals surface area contributed by atoms with Gasteiger partial charge in [0.15, 0.2) is 11.5 Å². The Morgan fingerprint density at radius 1 is 1.20 bits per heavy atom. The first-order valence-corrected chi connectivity index (χ1v) is 5.88. The van der Waals surface area contributed by atoms with E-state index in [1.807, 2.05) is 0 Å². The van der Waals surface area contributed by atoms with Crippen molar-refractivity contribution in [2.75, 3.05) is 6.79 Å². The molecule has 1 aliphatic rings. The Kier molecular flexibility index (Phi) is 3.00. The summed E-state index contributed by atoms with van der Waals surface area (Å²) in [6, 6.07) is 5.04. The molecule has 1 aromatic carbocycles. The maximum absolute atomic E-state index is 12.3. The molecule has 0 radical (unpaired) electrons. The molecule has 8 heteroatoms. The maximum atomic E-state index is 12.3. The van der Waals surface area contributed by atoms with E-state index in [4.69, 9.17) is 9.47 Å². The van der Waals surface area contributed by atoms with E-state index in [2.05, 4.69) is 10.1 Å². The van der Waals surface area contributed by atoms with Gasteiger partial charge in [-0.15, -0.1) is 0 Å². The van der Waals surface area contributed by atoms with Gasteiger partial charge in [-0.3, -0.25) is 0 Å². The summed E-state index contributed by atoms with van der Waals surface area (Å²) in [6.45, 7) is 0.136. The zero-order valence-electron chi connectivity index (χ0n) is 10.2. The van der Waals surface area contributed by atoms with Crippen LogP contribution in [0.5, 0.6) is 11.5 Å². The first-order valence-electron chi connectivity index (χ1n) is 5.88. The van der Waals surface area contributed by atoms with Gasteiger partial charge in [-0.2, -0.15) is 18.3 Å². The molecule has 0 bridgehead atoms. The summed E-state index contributed by atoms with van der Waals surface area (Å²) in [4.78, 5) is 3.87. The third kappa shape index (κ3) is 2.54. The van der Waals surface area contributed by atoms with E-state index in [1.165, 1.54) is 11.0 Å². The van der Waals surface area contributed by atoms with E-state index < -0.39 is 12.6 Å². The van der Waals surface area contributed by atoms with Gasteiger partial charge in [0.25, 0.3) is 0 Å².